The Balaban J connectivity index is 1.58. The van der Waals surface area contributed by atoms with Gasteiger partial charge in [0.25, 0.3) is 5.91 Å². The zero-order chi connectivity index (χ0) is 14.7. The van der Waals surface area contributed by atoms with E-state index in [-0.39, 0.29) is 11.5 Å². The summed E-state index contributed by atoms with van der Waals surface area (Å²) in [6.07, 6.45) is 4.14. The van der Waals surface area contributed by atoms with Gasteiger partial charge in [-0.25, -0.2) is 0 Å². The van der Waals surface area contributed by atoms with Crippen molar-refractivity contribution in [3.8, 4) is 0 Å². The first-order chi connectivity index (χ1) is 10.2. The lowest BCUT2D eigenvalue weighted by molar-refractivity contribution is -0.151. The minimum Gasteiger partial charge on any atom is -0.378 e. The molecule has 5 heteroatoms. The summed E-state index contributed by atoms with van der Waals surface area (Å²) >= 11 is 1.52. The van der Waals surface area contributed by atoms with E-state index in [1.165, 1.54) is 11.3 Å². The second-order valence-corrected chi connectivity index (χ2v) is 6.82. The molecule has 1 amide bonds. The van der Waals surface area contributed by atoms with E-state index in [2.05, 4.69) is 0 Å². The fraction of sp³-hybridized carbons (Fsp3) is 0.688. The van der Waals surface area contributed by atoms with E-state index < -0.39 is 0 Å². The highest BCUT2D eigenvalue weighted by Gasteiger charge is 2.41. The van der Waals surface area contributed by atoms with Gasteiger partial charge in [-0.05, 0) is 37.6 Å². The molecule has 2 fully saturated rings. The van der Waals surface area contributed by atoms with Gasteiger partial charge in [-0.3, -0.25) is 4.79 Å². The monoisotopic (exact) mass is 309 g/mol. The second-order valence-electron chi connectivity index (χ2n) is 5.87. The highest BCUT2D eigenvalue weighted by molar-refractivity contribution is 7.12. The predicted octanol–water partition coefficient (Wildman–Crippen LogP) is 2.94. The Hall–Kier alpha value is -0.910. The number of thiophene rings is 1. The van der Waals surface area contributed by atoms with Crippen LogP contribution in [0.5, 0.6) is 0 Å². The van der Waals surface area contributed by atoms with E-state index in [0.29, 0.717) is 6.10 Å². The van der Waals surface area contributed by atoms with E-state index in [1.54, 1.807) is 0 Å². The van der Waals surface area contributed by atoms with Crippen LogP contribution in [0, 0.1) is 0 Å². The third-order valence-electron chi connectivity index (χ3n) is 4.54. The minimum absolute atomic E-state index is 0.0652. The topological polar surface area (TPSA) is 38.8 Å². The molecule has 1 aromatic heterocycles. The molecule has 2 aliphatic heterocycles. The van der Waals surface area contributed by atoms with E-state index in [9.17, 15) is 4.79 Å². The Morgan fingerprint density at radius 3 is 3.00 bits per heavy atom. The first kappa shape index (κ1) is 15.0. The summed E-state index contributed by atoms with van der Waals surface area (Å²) < 4.78 is 11.9. The number of hydrogen-bond acceptors (Lipinski definition) is 4. The summed E-state index contributed by atoms with van der Waals surface area (Å²) in [5.41, 5.74) is -0.0652. The number of piperidine rings is 1. The zero-order valence-corrected chi connectivity index (χ0v) is 13.4. The molecule has 1 spiro atoms. The predicted molar refractivity (Wildman–Crippen MR) is 82.8 cm³/mol. The second kappa shape index (κ2) is 6.46. The van der Waals surface area contributed by atoms with Crippen LogP contribution in [0.15, 0.2) is 17.5 Å². The molecule has 0 saturated carbocycles. The van der Waals surface area contributed by atoms with E-state index in [4.69, 9.17) is 9.47 Å². The van der Waals surface area contributed by atoms with Crippen molar-refractivity contribution in [2.75, 3.05) is 26.3 Å². The number of nitrogens with zero attached hydrogens (tertiary/aromatic N) is 1. The molecule has 0 radical (unpaired) electrons. The van der Waals surface area contributed by atoms with Crippen molar-refractivity contribution in [2.45, 2.75) is 44.3 Å². The van der Waals surface area contributed by atoms with Crippen molar-refractivity contribution in [1.82, 2.24) is 4.90 Å². The third kappa shape index (κ3) is 3.30. The van der Waals surface area contributed by atoms with Gasteiger partial charge >= 0.3 is 0 Å². The fourth-order valence-corrected chi connectivity index (χ4v) is 4.07. The smallest absolute Gasteiger partial charge is 0.263 e. The van der Waals surface area contributed by atoms with Gasteiger partial charge in [0.1, 0.15) is 0 Å². The lowest BCUT2D eigenvalue weighted by atomic mass is 9.83. The highest BCUT2D eigenvalue weighted by Crippen LogP contribution is 2.36. The summed E-state index contributed by atoms with van der Waals surface area (Å²) in [7, 11) is 0. The number of carbonyl (C=O) groups excluding carboxylic acids is 1. The third-order valence-corrected chi connectivity index (χ3v) is 5.40. The summed E-state index contributed by atoms with van der Waals surface area (Å²) in [6, 6.07) is 3.83. The molecule has 3 rings (SSSR count). The quantitative estimate of drug-likeness (QED) is 0.862. The van der Waals surface area contributed by atoms with Crippen LogP contribution in [0.3, 0.4) is 0 Å². The van der Waals surface area contributed by atoms with Crippen molar-refractivity contribution in [3.05, 3.63) is 22.4 Å². The van der Waals surface area contributed by atoms with Gasteiger partial charge in [0.2, 0.25) is 0 Å². The standard InChI is InChI=1S/C16H23NO3S/c1-2-19-13-5-10-20-16(12-13)6-8-17(9-7-16)15(18)14-4-3-11-21-14/h3-4,11,13H,2,5-10,12H2,1H3. The molecule has 0 N–H and O–H groups in total. The van der Waals surface area contributed by atoms with Crippen molar-refractivity contribution in [1.29, 1.82) is 0 Å². The maximum atomic E-state index is 12.4. The molecule has 4 nitrogen and oxygen atoms in total. The molecule has 2 aliphatic rings. The maximum Gasteiger partial charge on any atom is 0.263 e. The number of amides is 1. The van der Waals surface area contributed by atoms with Gasteiger partial charge in [0, 0.05) is 32.7 Å². The molecule has 0 aromatic carbocycles. The largest absolute Gasteiger partial charge is 0.378 e. The van der Waals surface area contributed by atoms with Crippen LogP contribution >= 0.6 is 11.3 Å². The van der Waals surface area contributed by atoms with Crippen LogP contribution in [0.2, 0.25) is 0 Å². The van der Waals surface area contributed by atoms with Crippen molar-refractivity contribution in [2.24, 2.45) is 0 Å². The normalized spacial score (nSPS) is 25.2. The average Bonchev–Trinajstić information content (AvgIpc) is 3.02. The van der Waals surface area contributed by atoms with Gasteiger partial charge in [-0.1, -0.05) is 6.07 Å². The van der Waals surface area contributed by atoms with Gasteiger partial charge in [0.15, 0.2) is 0 Å². The summed E-state index contributed by atoms with van der Waals surface area (Å²) in [4.78, 5) is 15.2. The Morgan fingerprint density at radius 2 is 2.33 bits per heavy atom. The Bertz CT molecular complexity index is 464. The minimum atomic E-state index is -0.0652. The van der Waals surface area contributed by atoms with Crippen molar-refractivity contribution >= 4 is 17.2 Å². The SMILES string of the molecule is CCOC1CCOC2(CCN(C(=O)c3cccs3)CC2)C1. The summed E-state index contributed by atoms with van der Waals surface area (Å²) in [5.74, 6) is 0.164. The summed E-state index contributed by atoms with van der Waals surface area (Å²) in [5, 5.41) is 1.95. The van der Waals surface area contributed by atoms with E-state index in [1.807, 2.05) is 29.3 Å². The van der Waals surface area contributed by atoms with Crippen LogP contribution < -0.4 is 0 Å². The number of hydrogen-bond donors (Lipinski definition) is 0. The number of carbonyl (C=O) groups is 1. The van der Waals surface area contributed by atoms with Crippen LogP contribution in [0.4, 0.5) is 0 Å². The van der Waals surface area contributed by atoms with Gasteiger partial charge < -0.3 is 14.4 Å². The van der Waals surface area contributed by atoms with Crippen molar-refractivity contribution < 1.29 is 14.3 Å². The first-order valence-electron chi connectivity index (χ1n) is 7.81. The van der Waals surface area contributed by atoms with Crippen LogP contribution in [0.25, 0.3) is 0 Å². The van der Waals surface area contributed by atoms with Crippen LogP contribution in [-0.2, 0) is 9.47 Å². The zero-order valence-electron chi connectivity index (χ0n) is 12.5. The molecule has 3 heterocycles. The van der Waals surface area contributed by atoms with Gasteiger partial charge in [-0.15, -0.1) is 11.3 Å². The molecule has 2 saturated heterocycles. The summed E-state index contributed by atoms with van der Waals surface area (Å²) in [6.45, 7) is 5.17. The number of ether oxygens (including phenoxy) is 2. The van der Waals surface area contributed by atoms with Gasteiger partial charge in [0.05, 0.1) is 16.6 Å². The van der Waals surface area contributed by atoms with Crippen LogP contribution in [-0.4, -0.2) is 48.8 Å². The van der Waals surface area contributed by atoms with E-state index in [0.717, 1.165) is 56.9 Å². The van der Waals surface area contributed by atoms with Crippen LogP contribution in [0.1, 0.15) is 42.3 Å². The number of likely N-dealkylation sites (tertiary alicyclic amines) is 1. The molecule has 116 valence electrons. The lowest BCUT2D eigenvalue weighted by Crippen LogP contribution is -2.52. The molecule has 0 aliphatic carbocycles. The molecular formula is C16H23NO3S. The molecule has 1 unspecified atom stereocenters. The Kier molecular flexibility index (Phi) is 4.62. The van der Waals surface area contributed by atoms with E-state index >= 15 is 0 Å². The molecule has 21 heavy (non-hydrogen) atoms. The fourth-order valence-electron chi connectivity index (χ4n) is 3.38. The van der Waals surface area contributed by atoms with Crippen molar-refractivity contribution in [3.63, 3.8) is 0 Å². The first-order valence-corrected chi connectivity index (χ1v) is 8.69. The highest BCUT2D eigenvalue weighted by atomic mass is 32.1. The molecule has 0 bridgehead atoms. The Labute approximate surface area is 130 Å². The molecular weight excluding hydrogens is 286 g/mol. The van der Waals surface area contributed by atoms with Gasteiger partial charge in [-0.2, -0.15) is 0 Å². The maximum absolute atomic E-state index is 12.4. The number of rotatable bonds is 3. The lowest BCUT2D eigenvalue weighted by Gasteiger charge is -2.46. The molecule has 1 aromatic rings. The Morgan fingerprint density at radius 1 is 1.52 bits per heavy atom. The average molecular weight is 309 g/mol. The molecule has 1 atom stereocenters.